The van der Waals surface area contributed by atoms with Crippen LogP contribution in [0.4, 0.5) is 0 Å². The van der Waals surface area contributed by atoms with Crippen LogP contribution in [-0.2, 0) is 16.1 Å². The van der Waals surface area contributed by atoms with Gasteiger partial charge < -0.3 is 19.0 Å². The average Bonchev–Trinajstić information content (AvgIpc) is 2.40. The molecule has 1 atom stereocenters. The minimum atomic E-state index is -0.276. The van der Waals surface area contributed by atoms with Gasteiger partial charge in [-0.3, -0.25) is 0 Å². The standard InChI is InChI=1S/C15H20O4/c1-17-13-7-6-11(8-14(13)18-2)10-19-15(9-16)12-4-3-5-12/h6-9,12,15H,3-5,10H2,1-2H3. The first kappa shape index (κ1) is 13.9. The molecule has 0 N–H and O–H groups in total. The number of aldehydes is 1. The van der Waals surface area contributed by atoms with Crippen molar-refractivity contribution in [1.29, 1.82) is 0 Å². The van der Waals surface area contributed by atoms with E-state index >= 15 is 0 Å². The number of rotatable bonds is 7. The smallest absolute Gasteiger partial charge is 0.161 e. The van der Waals surface area contributed by atoms with E-state index in [4.69, 9.17) is 14.2 Å². The summed E-state index contributed by atoms with van der Waals surface area (Å²) < 4.78 is 16.1. The molecule has 4 heteroatoms. The predicted molar refractivity (Wildman–Crippen MR) is 71.5 cm³/mol. The van der Waals surface area contributed by atoms with Crippen molar-refractivity contribution in [3.05, 3.63) is 23.8 Å². The molecule has 1 aromatic rings. The van der Waals surface area contributed by atoms with Crippen molar-refractivity contribution in [1.82, 2.24) is 0 Å². The highest BCUT2D eigenvalue weighted by atomic mass is 16.5. The van der Waals surface area contributed by atoms with Gasteiger partial charge in [0.25, 0.3) is 0 Å². The van der Waals surface area contributed by atoms with Crippen molar-refractivity contribution in [2.75, 3.05) is 14.2 Å². The van der Waals surface area contributed by atoms with Crippen LogP contribution in [0.1, 0.15) is 24.8 Å². The molecular formula is C15H20O4. The lowest BCUT2D eigenvalue weighted by Gasteiger charge is -2.30. The van der Waals surface area contributed by atoms with Gasteiger partial charge in [0.15, 0.2) is 11.5 Å². The zero-order valence-corrected chi connectivity index (χ0v) is 11.4. The van der Waals surface area contributed by atoms with Crippen molar-refractivity contribution in [2.24, 2.45) is 5.92 Å². The fraction of sp³-hybridized carbons (Fsp3) is 0.533. The van der Waals surface area contributed by atoms with E-state index in [1.165, 1.54) is 6.42 Å². The second-order valence-corrected chi connectivity index (χ2v) is 4.79. The lowest BCUT2D eigenvalue weighted by molar-refractivity contribution is -0.124. The van der Waals surface area contributed by atoms with Gasteiger partial charge in [0.05, 0.1) is 20.8 Å². The highest BCUT2D eigenvalue weighted by Crippen LogP contribution is 2.32. The number of ether oxygens (including phenoxy) is 3. The maximum atomic E-state index is 11.0. The van der Waals surface area contributed by atoms with Gasteiger partial charge in [0.1, 0.15) is 12.4 Å². The van der Waals surface area contributed by atoms with E-state index in [9.17, 15) is 4.79 Å². The first-order chi connectivity index (χ1) is 9.28. The van der Waals surface area contributed by atoms with Gasteiger partial charge in [-0.1, -0.05) is 12.5 Å². The Balaban J connectivity index is 1.96. The van der Waals surface area contributed by atoms with Gasteiger partial charge in [0.2, 0.25) is 0 Å². The van der Waals surface area contributed by atoms with Crippen LogP contribution in [0.3, 0.4) is 0 Å². The molecule has 1 aliphatic rings. The number of benzene rings is 1. The summed E-state index contributed by atoms with van der Waals surface area (Å²) in [6.07, 6.45) is 4.03. The van der Waals surface area contributed by atoms with Crippen molar-refractivity contribution in [3.63, 3.8) is 0 Å². The lowest BCUT2D eigenvalue weighted by Crippen LogP contribution is -2.30. The zero-order valence-electron chi connectivity index (χ0n) is 11.4. The molecule has 19 heavy (non-hydrogen) atoms. The van der Waals surface area contributed by atoms with E-state index in [1.807, 2.05) is 18.2 Å². The Labute approximate surface area is 113 Å². The van der Waals surface area contributed by atoms with Gasteiger partial charge >= 0.3 is 0 Å². The molecule has 104 valence electrons. The van der Waals surface area contributed by atoms with Crippen LogP contribution >= 0.6 is 0 Å². The largest absolute Gasteiger partial charge is 0.493 e. The maximum absolute atomic E-state index is 11.0. The Bertz CT molecular complexity index is 426. The maximum Gasteiger partial charge on any atom is 0.161 e. The van der Waals surface area contributed by atoms with Gasteiger partial charge in [-0.05, 0) is 36.5 Å². The van der Waals surface area contributed by atoms with Crippen molar-refractivity contribution < 1.29 is 19.0 Å². The van der Waals surface area contributed by atoms with Crippen LogP contribution in [0.5, 0.6) is 11.5 Å². The number of hydrogen-bond donors (Lipinski definition) is 0. The minimum absolute atomic E-state index is 0.276. The van der Waals surface area contributed by atoms with E-state index < -0.39 is 0 Å². The monoisotopic (exact) mass is 264 g/mol. The molecule has 0 amide bonds. The fourth-order valence-electron chi connectivity index (χ4n) is 2.22. The van der Waals surface area contributed by atoms with Gasteiger partial charge in [-0.15, -0.1) is 0 Å². The molecule has 1 saturated carbocycles. The summed E-state index contributed by atoms with van der Waals surface area (Å²) in [7, 11) is 3.21. The summed E-state index contributed by atoms with van der Waals surface area (Å²) in [6, 6.07) is 5.64. The lowest BCUT2D eigenvalue weighted by atomic mass is 9.81. The molecule has 2 rings (SSSR count). The second-order valence-electron chi connectivity index (χ2n) is 4.79. The Kier molecular flexibility index (Phi) is 4.80. The van der Waals surface area contributed by atoms with E-state index in [2.05, 4.69) is 0 Å². The van der Waals surface area contributed by atoms with Crippen molar-refractivity contribution >= 4 is 6.29 Å². The normalized spacial score (nSPS) is 16.5. The molecule has 0 spiro atoms. The van der Waals surface area contributed by atoms with Crippen LogP contribution in [0.15, 0.2) is 18.2 Å². The summed E-state index contributed by atoms with van der Waals surface area (Å²) in [5.41, 5.74) is 0.976. The number of methoxy groups -OCH3 is 2. The third kappa shape index (κ3) is 3.26. The molecule has 1 unspecified atom stereocenters. The summed E-state index contributed by atoms with van der Waals surface area (Å²) in [6.45, 7) is 0.417. The molecule has 0 aromatic heterocycles. The third-order valence-corrected chi connectivity index (χ3v) is 3.64. The quantitative estimate of drug-likeness (QED) is 0.710. The second kappa shape index (κ2) is 6.57. The molecule has 1 fully saturated rings. The van der Waals surface area contributed by atoms with Crippen molar-refractivity contribution in [2.45, 2.75) is 32.0 Å². The Morgan fingerprint density at radius 1 is 1.26 bits per heavy atom. The molecule has 0 heterocycles. The predicted octanol–water partition coefficient (Wildman–Crippen LogP) is 2.59. The molecule has 0 aliphatic heterocycles. The Hall–Kier alpha value is -1.55. The summed E-state index contributed by atoms with van der Waals surface area (Å²) >= 11 is 0. The first-order valence-electron chi connectivity index (χ1n) is 6.56. The van der Waals surface area contributed by atoms with Crippen LogP contribution in [0.2, 0.25) is 0 Å². The minimum Gasteiger partial charge on any atom is -0.493 e. The molecule has 4 nitrogen and oxygen atoms in total. The van der Waals surface area contributed by atoms with Gasteiger partial charge in [-0.2, -0.15) is 0 Å². The number of carbonyl (C=O) groups excluding carboxylic acids is 1. The van der Waals surface area contributed by atoms with E-state index in [0.717, 1.165) is 24.7 Å². The fourth-order valence-corrected chi connectivity index (χ4v) is 2.22. The number of hydrogen-bond acceptors (Lipinski definition) is 4. The average molecular weight is 264 g/mol. The molecule has 1 aliphatic carbocycles. The molecular weight excluding hydrogens is 244 g/mol. The summed E-state index contributed by atoms with van der Waals surface area (Å²) in [5, 5.41) is 0. The Morgan fingerprint density at radius 2 is 2.00 bits per heavy atom. The molecule has 0 bridgehead atoms. The molecule has 0 radical (unpaired) electrons. The van der Waals surface area contributed by atoms with E-state index in [-0.39, 0.29) is 6.10 Å². The van der Waals surface area contributed by atoms with Crippen LogP contribution in [0, 0.1) is 5.92 Å². The zero-order chi connectivity index (χ0) is 13.7. The van der Waals surface area contributed by atoms with E-state index in [1.54, 1.807) is 14.2 Å². The summed E-state index contributed by atoms with van der Waals surface area (Å²) in [5.74, 6) is 1.77. The number of carbonyl (C=O) groups is 1. The highest BCUT2D eigenvalue weighted by Gasteiger charge is 2.27. The highest BCUT2D eigenvalue weighted by molar-refractivity contribution is 5.56. The van der Waals surface area contributed by atoms with Crippen LogP contribution in [-0.4, -0.2) is 26.6 Å². The van der Waals surface area contributed by atoms with Gasteiger partial charge in [-0.25, -0.2) is 0 Å². The third-order valence-electron chi connectivity index (χ3n) is 3.64. The van der Waals surface area contributed by atoms with Crippen LogP contribution < -0.4 is 9.47 Å². The van der Waals surface area contributed by atoms with E-state index in [0.29, 0.717) is 24.0 Å². The topological polar surface area (TPSA) is 44.8 Å². The Morgan fingerprint density at radius 3 is 2.53 bits per heavy atom. The van der Waals surface area contributed by atoms with Crippen molar-refractivity contribution in [3.8, 4) is 11.5 Å². The molecule has 0 saturated heterocycles. The van der Waals surface area contributed by atoms with Crippen LogP contribution in [0.25, 0.3) is 0 Å². The van der Waals surface area contributed by atoms with Gasteiger partial charge in [0, 0.05) is 0 Å². The molecule has 1 aromatic carbocycles. The first-order valence-corrected chi connectivity index (χ1v) is 6.56. The summed E-state index contributed by atoms with van der Waals surface area (Å²) in [4.78, 5) is 11.0. The SMILES string of the molecule is COc1ccc(COC(C=O)C2CCC2)cc1OC.